The van der Waals surface area contributed by atoms with Crippen molar-refractivity contribution in [3.63, 3.8) is 0 Å². The van der Waals surface area contributed by atoms with E-state index in [0.29, 0.717) is 18.4 Å². The predicted molar refractivity (Wildman–Crippen MR) is 100 cm³/mol. The summed E-state index contributed by atoms with van der Waals surface area (Å²) in [5.74, 6) is -0.212. The SMILES string of the molecule is C=C/C=C(\C=C/C)C(C)NC(=O)c1ccc(C2=NNC(=O)CC2)cc1. The van der Waals surface area contributed by atoms with E-state index in [2.05, 4.69) is 22.4 Å². The molecule has 1 heterocycles. The first-order valence-electron chi connectivity index (χ1n) is 8.27. The molecule has 2 rings (SSSR count). The highest BCUT2D eigenvalue weighted by Gasteiger charge is 2.15. The summed E-state index contributed by atoms with van der Waals surface area (Å²) in [4.78, 5) is 23.6. The predicted octanol–water partition coefficient (Wildman–Crippen LogP) is 3.11. The minimum absolute atomic E-state index is 0.0711. The number of carbonyl (C=O) groups is 2. The van der Waals surface area contributed by atoms with Crippen LogP contribution in [0, 0.1) is 0 Å². The van der Waals surface area contributed by atoms with E-state index in [-0.39, 0.29) is 17.9 Å². The van der Waals surface area contributed by atoms with E-state index in [1.165, 1.54) is 0 Å². The van der Waals surface area contributed by atoms with Gasteiger partial charge in [-0.25, -0.2) is 5.43 Å². The summed E-state index contributed by atoms with van der Waals surface area (Å²) in [6.07, 6.45) is 8.50. The van der Waals surface area contributed by atoms with E-state index in [0.717, 1.165) is 16.8 Å². The molecule has 2 amide bonds. The summed E-state index contributed by atoms with van der Waals surface area (Å²) in [5, 5.41) is 7.04. The zero-order valence-electron chi connectivity index (χ0n) is 14.6. The highest BCUT2D eigenvalue weighted by atomic mass is 16.2. The maximum absolute atomic E-state index is 12.4. The second-order valence-corrected chi connectivity index (χ2v) is 5.77. The lowest BCUT2D eigenvalue weighted by Crippen LogP contribution is -2.33. The molecule has 130 valence electrons. The molecule has 0 radical (unpaired) electrons. The molecule has 0 fully saturated rings. The maximum Gasteiger partial charge on any atom is 0.251 e. The van der Waals surface area contributed by atoms with Gasteiger partial charge in [-0.15, -0.1) is 0 Å². The molecule has 1 atom stereocenters. The van der Waals surface area contributed by atoms with Gasteiger partial charge in [0.15, 0.2) is 0 Å². The third-order valence-corrected chi connectivity index (χ3v) is 3.90. The zero-order valence-corrected chi connectivity index (χ0v) is 14.6. The number of hydrogen-bond donors (Lipinski definition) is 2. The summed E-state index contributed by atoms with van der Waals surface area (Å²) in [7, 11) is 0. The number of nitrogens with zero attached hydrogens (tertiary/aromatic N) is 1. The van der Waals surface area contributed by atoms with E-state index in [1.807, 2.05) is 44.2 Å². The van der Waals surface area contributed by atoms with Crippen molar-refractivity contribution in [2.75, 3.05) is 0 Å². The van der Waals surface area contributed by atoms with Crippen LogP contribution in [0.3, 0.4) is 0 Å². The van der Waals surface area contributed by atoms with Gasteiger partial charge in [-0.3, -0.25) is 9.59 Å². The highest BCUT2D eigenvalue weighted by molar-refractivity contribution is 6.05. The lowest BCUT2D eigenvalue weighted by Gasteiger charge is -2.16. The van der Waals surface area contributed by atoms with Crippen molar-refractivity contribution in [1.82, 2.24) is 10.7 Å². The Morgan fingerprint density at radius 2 is 2.04 bits per heavy atom. The van der Waals surface area contributed by atoms with Crippen LogP contribution in [0.5, 0.6) is 0 Å². The molecule has 1 aromatic rings. The largest absolute Gasteiger partial charge is 0.346 e. The molecular weight excluding hydrogens is 314 g/mol. The summed E-state index contributed by atoms with van der Waals surface area (Å²) in [6, 6.07) is 7.11. The summed E-state index contributed by atoms with van der Waals surface area (Å²) in [5.41, 5.74) is 5.77. The summed E-state index contributed by atoms with van der Waals surface area (Å²) in [6.45, 7) is 7.56. The fourth-order valence-electron chi connectivity index (χ4n) is 2.53. The number of benzene rings is 1. The Morgan fingerprint density at radius 3 is 2.60 bits per heavy atom. The minimum atomic E-state index is -0.141. The van der Waals surface area contributed by atoms with Gasteiger partial charge in [-0.05, 0) is 37.1 Å². The van der Waals surface area contributed by atoms with Crippen LogP contribution in [-0.4, -0.2) is 23.6 Å². The van der Waals surface area contributed by atoms with Crippen molar-refractivity contribution in [1.29, 1.82) is 0 Å². The third-order valence-electron chi connectivity index (χ3n) is 3.90. The van der Waals surface area contributed by atoms with Crippen LogP contribution in [0.25, 0.3) is 0 Å². The Bertz CT molecular complexity index is 743. The monoisotopic (exact) mass is 337 g/mol. The van der Waals surface area contributed by atoms with Gasteiger partial charge in [-0.2, -0.15) is 5.10 Å². The van der Waals surface area contributed by atoms with Gasteiger partial charge >= 0.3 is 0 Å². The second-order valence-electron chi connectivity index (χ2n) is 5.77. The van der Waals surface area contributed by atoms with Crippen LogP contribution in [0.2, 0.25) is 0 Å². The van der Waals surface area contributed by atoms with Gasteiger partial charge in [0.2, 0.25) is 5.91 Å². The van der Waals surface area contributed by atoms with Gasteiger partial charge in [0, 0.05) is 18.4 Å². The normalized spacial score (nSPS) is 16.2. The van der Waals surface area contributed by atoms with Crippen LogP contribution in [0.4, 0.5) is 0 Å². The molecule has 1 aromatic carbocycles. The van der Waals surface area contributed by atoms with Crippen LogP contribution >= 0.6 is 0 Å². The Balaban J connectivity index is 2.06. The number of allylic oxidation sites excluding steroid dienone is 3. The van der Waals surface area contributed by atoms with Gasteiger partial charge in [0.05, 0.1) is 11.8 Å². The van der Waals surface area contributed by atoms with Gasteiger partial charge in [0.25, 0.3) is 5.91 Å². The van der Waals surface area contributed by atoms with E-state index < -0.39 is 0 Å². The highest BCUT2D eigenvalue weighted by Crippen LogP contribution is 2.12. The van der Waals surface area contributed by atoms with Gasteiger partial charge in [0.1, 0.15) is 0 Å². The smallest absolute Gasteiger partial charge is 0.251 e. The molecule has 1 unspecified atom stereocenters. The Labute approximate surface area is 148 Å². The molecule has 0 saturated carbocycles. The first kappa shape index (κ1) is 18.4. The van der Waals surface area contributed by atoms with Crippen molar-refractivity contribution in [2.24, 2.45) is 5.10 Å². The van der Waals surface area contributed by atoms with Crippen molar-refractivity contribution < 1.29 is 9.59 Å². The van der Waals surface area contributed by atoms with E-state index >= 15 is 0 Å². The molecule has 0 aliphatic carbocycles. The van der Waals surface area contributed by atoms with Crippen molar-refractivity contribution in [3.8, 4) is 0 Å². The fourth-order valence-corrected chi connectivity index (χ4v) is 2.53. The second kappa shape index (κ2) is 8.78. The van der Waals surface area contributed by atoms with E-state index in [4.69, 9.17) is 0 Å². The summed E-state index contributed by atoms with van der Waals surface area (Å²) < 4.78 is 0. The molecule has 5 heteroatoms. The van der Waals surface area contributed by atoms with Crippen molar-refractivity contribution >= 4 is 17.5 Å². The Hall–Kier alpha value is -2.95. The lowest BCUT2D eigenvalue weighted by molar-refractivity contribution is -0.121. The number of nitrogens with one attached hydrogen (secondary N) is 2. The Kier molecular flexibility index (Phi) is 6.46. The maximum atomic E-state index is 12.4. The molecule has 5 nitrogen and oxygen atoms in total. The average Bonchev–Trinajstić information content (AvgIpc) is 2.62. The molecule has 2 N–H and O–H groups in total. The quantitative estimate of drug-likeness (QED) is 0.783. The van der Waals surface area contributed by atoms with E-state index in [9.17, 15) is 9.59 Å². The van der Waals surface area contributed by atoms with Crippen molar-refractivity contribution in [2.45, 2.75) is 32.7 Å². The molecule has 0 bridgehead atoms. The molecule has 0 aromatic heterocycles. The van der Waals surface area contributed by atoms with Crippen LogP contribution in [-0.2, 0) is 4.79 Å². The number of rotatable bonds is 6. The van der Waals surface area contributed by atoms with Gasteiger partial charge in [-0.1, -0.05) is 43.0 Å². The van der Waals surface area contributed by atoms with Crippen LogP contribution < -0.4 is 10.7 Å². The average molecular weight is 337 g/mol. The number of carbonyl (C=O) groups excluding carboxylic acids is 2. The topological polar surface area (TPSA) is 70.6 Å². The molecule has 0 spiro atoms. The number of amides is 2. The molecule has 0 saturated heterocycles. The molecular formula is C20H23N3O2. The zero-order chi connectivity index (χ0) is 18.2. The van der Waals surface area contributed by atoms with Crippen LogP contribution in [0.15, 0.2) is 65.8 Å². The number of hydrogen-bond acceptors (Lipinski definition) is 3. The third kappa shape index (κ3) is 5.01. The lowest BCUT2D eigenvalue weighted by atomic mass is 10.0. The van der Waals surface area contributed by atoms with Crippen LogP contribution in [0.1, 0.15) is 42.6 Å². The van der Waals surface area contributed by atoms with Crippen molar-refractivity contribution in [3.05, 3.63) is 71.8 Å². The molecule has 25 heavy (non-hydrogen) atoms. The fraction of sp³-hybridized carbons (Fsp3) is 0.250. The summed E-state index contributed by atoms with van der Waals surface area (Å²) >= 11 is 0. The molecule has 1 aliphatic heterocycles. The number of hydrazone groups is 1. The standard InChI is InChI=1S/C20H23N3O2/c1-4-6-15(7-5-2)14(3)21-20(25)17-10-8-16(9-11-17)18-12-13-19(24)23-22-18/h4-11,14H,1,12-13H2,2-3H3,(H,21,25)(H,23,24)/b7-5-,15-6+. The Morgan fingerprint density at radius 1 is 1.32 bits per heavy atom. The minimum Gasteiger partial charge on any atom is -0.346 e. The van der Waals surface area contributed by atoms with Gasteiger partial charge < -0.3 is 5.32 Å². The van der Waals surface area contributed by atoms with E-state index in [1.54, 1.807) is 18.2 Å². The first-order valence-corrected chi connectivity index (χ1v) is 8.27. The molecule has 1 aliphatic rings. The first-order chi connectivity index (χ1) is 12.0.